The molecule has 6 nitrogen and oxygen atoms in total. The third kappa shape index (κ3) is 3.77. The van der Waals surface area contributed by atoms with Gasteiger partial charge in [0.05, 0.1) is 10.5 Å². The van der Waals surface area contributed by atoms with Crippen molar-refractivity contribution in [1.29, 1.82) is 0 Å². The van der Waals surface area contributed by atoms with Crippen LogP contribution in [0, 0.1) is 15.9 Å². The van der Waals surface area contributed by atoms with Gasteiger partial charge < -0.3 is 10.6 Å². The van der Waals surface area contributed by atoms with Crippen LogP contribution >= 0.6 is 0 Å². The standard InChI is InChI=1S/C11H14FN3O3/c1-13-5-2-6-14-11(16)9-7-8(15(17)18)3-4-10(9)12/h3-4,7,13H,2,5-6H2,1H3,(H,14,16). The van der Waals surface area contributed by atoms with E-state index >= 15 is 0 Å². The molecule has 7 heteroatoms. The molecule has 0 aromatic heterocycles. The maximum atomic E-state index is 13.4. The van der Waals surface area contributed by atoms with Gasteiger partial charge in [0.25, 0.3) is 11.6 Å². The van der Waals surface area contributed by atoms with Crippen molar-refractivity contribution in [3.8, 4) is 0 Å². The minimum atomic E-state index is -0.772. The summed E-state index contributed by atoms with van der Waals surface area (Å²) in [6.45, 7) is 1.10. The van der Waals surface area contributed by atoms with E-state index in [1.165, 1.54) is 0 Å². The van der Waals surface area contributed by atoms with Gasteiger partial charge >= 0.3 is 0 Å². The zero-order valence-corrected chi connectivity index (χ0v) is 9.90. The molecule has 0 heterocycles. The average molecular weight is 255 g/mol. The van der Waals surface area contributed by atoms with E-state index in [9.17, 15) is 19.3 Å². The van der Waals surface area contributed by atoms with Gasteiger partial charge in [-0.2, -0.15) is 0 Å². The van der Waals surface area contributed by atoms with Crippen molar-refractivity contribution in [3.63, 3.8) is 0 Å². The Morgan fingerprint density at radius 2 is 2.17 bits per heavy atom. The monoisotopic (exact) mass is 255 g/mol. The van der Waals surface area contributed by atoms with Crippen molar-refractivity contribution in [2.24, 2.45) is 0 Å². The maximum absolute atomic E-state index is 13.4. The Bertz CT molecular complexity index is 451. The predicted octanol–water partition coefficient (Wildman–Crippen LogP) is 1.07. The van der Waals surface area contributed by atoms with Gasteiger partial charge in [-0.15, -0.1) is 0 Å². The van der Waals surface area contributed by atoms with E-state index in [1.54, 1.807) is 7.05 Å². The predicted molar refractivity (Wildman–Crippen MR) is 63.9 cm³/mol. The molecule has 0 aliphatic carbocycles. The highest BCUT2D eigenvalue weighted by Crippen LogP contribution is 2.16. The van der Waals surface area contributed by atoms with Crippen LogP contribution in [0.1, 0.15) is 16.8 Å². The summed E-state index contributed by atoms with van der Waals surface area (Å²) in [7, 11) is 1.78. The molecule has 0 bridgehead atoms. The molecule has 1 amide bonds. The highest BCUT2D eigenvalue weighted by molar-refractivity contribution is 5.95. The zero-order valence-electron chi connectivity index (χ0n) is 9.90. The summed E-state index contributed by atoms with van der Waals surface area (Å²) in [6.07, 6.45) is 0.693. The van der Waals surface area contributed by atoms with Crippen LogP contribution in [0.3, 0.4) is 0 Å². The number of halogens is 1. The van der Waals surface area contributed by atoms with Gasteiger partial charge in [0.15, 0.2) is 0 Å². The number of carbonyl (C=O) groups excluding carboxylic acids is 1. The quantitative estimate of drug-likeness (QED) is 0.452. The molecule has 0 aliphatic heterocycles. The van der Waals surface area contributed by atoms with Gasteiger partial charge in [0, 0.05) is 18.7 Å². The lowest BCUT2D eigenvalue weighted by molar-refractivity contribution is -0.384. The molecule has 0 atom stereocenters. The summed E-state index contributed by atoms with van der Waals surface area (Å²) in [6, 6.07) is 2.87. The van der Waals surface area contributed by atoms with Crippen LogP contribution in [-0.4, -0.2) is 31.0 Å². The zero-order chi connectivity index (χ0) is 13.5. The Morgan fingerprint density at radius 3 is 2.78 bits per heavy atom. The number of nitrogens with one attached hydrogen (secondary N) is 2. The number of nitrogens with zero attached hydrogens (tertiary/aromatic N) is 1. The number of benzene rings is 1. The van der Waals surface area contributed by atoms with Crippen molar-refractivity contribution in [3.05, 3.63) is 39.7 Å². The van der Waals surface area contributed by atoms with E-state index in [2.05, 4.69) is 10.6 Å². The van der Waals surface area contributed by atoms with Crippen LogP contribution in [-0.2, 0) is 0 Å². The second-order valence-electron chi connectivity index (χ2n) is 3.63. The minimum absolute atomic E-state index is 0.309. The van der Waals surface area contributed by atoms with Gasteiger partial charge in [0.1, 0.15) is 5.82 Å². The molecule has 1 aromatic carbocycles. The summed E-state index contributed by atoms with van der Waals surface area (Å²) < 4.78 is 13.4. The first-order valence-corrected chi connectivity index (χ1v) is 5.43. The Morgan fingerprint density at radius 1 is 1.44 bits per heavy atom. The van der Waals surface area contributed by atoms with Crippen LogP contribution < -0.4 is 10.6 Å². The van der Waals surface area contributed by atoms with E-state index in [-0.39, 0.29) is 11.3 Å². The molecule has 0 fully saturated rings. The molecule has 18 heavy (non-hydrogen) atoms. The topological polar surface area (TPSA) is 84.3 Å². The van der Waals surface area contributed by atoms with Crippen LogP contribution in [0.25, 0.3) is 0 Å². The van der Waals surface area contributed by atoms with E-state index in [4.69, 9.17) is 0 Å². The first-order valence-electron chi connectivity index (χ1n) is 5.43. The first kappa shape index (κ1) is 14.0. The number of carbonyl (C=O) groups is 1. The Hall–Kier alpha value is -2.02. The van der Waals surface area contributed by atoms with Crippen molar-refractivity contribution in [1.82, 2.24) is 10.6 Å². The van der Waals surface area contributed by atoms with Crippen LogP contribution in [0.15, 0.2) is 18.2 Å². The molecule has 0 unspecified atom stereocenters. The molecule has 0 saturated carbocycles. The third-order valence-electron chi connectivity index (χ3n) is 2.29. The molecule has 0 saturated heterocycles. The molecule has 0 spiro atoms. The highest BCUT2D eigenvalue weighted by atomic mass is 19.1. The van der Waals surface area contributed by atoms with E-state index in [1.807, 2.05) is 0 Å². The SMILES string of the molecule is CNCCCNC(=O)c1cc([N+](=O)[O-])ccc1F. The van der Waals surface area contributed by atoms with Gasteiger partial charge in [0.2, 0.25) is 0 Å². The molecule has 98 valence electrons. The number of rotatable bonds is 6. The van der Waals surface area contributed by atoms with E-state index < -0.39 is 16.6 Å². The summed E-state index contributed by atoms with van der Waals surface area (Å²) >= 11 is 0. The van der Waals surface area contributed by atoms with Crippen molar-refractivity contribution >= 4 is 11.6 Å². The molecule has 0 aliphatic rings. The number of non-ortho nitro benzene ring substituents is 1. The molecule has 1 rings (SSSR count). The summed E-state index contributed by atoms with van der Waals surface area (Å²) in [5.41, 5.74) is -0.620. The average Bonchev–Trinajstić information content (AvgIpc) is 2.34. The molecule has 1 aromatic rings. The Kier molecular flexibility index (Phi) is 5.19. The number of amides is 1. The van der Waals surface area contributed by atoms with Gasteiger partial charge in [-0.1, -0.05) is 0 Å². The fourth-order valence-corrected chi connectivity index (χ4v) is 1.36. The molecule has 2 N–H and O–H groups in total. The molecular weight excluding hydrogens is 241 g/mol. The Balaban J connectivity index is 2.72. The second kappa shape index (κ2) is 6.65. The fourth-order valence-electron chi connectivity index (χ4n) is 1.36. The van der Waals surface area contributed by atoms with Crippen molar-refractivity contribution in [2.75, 3.05) is 20.1 Å². The summed E-state index contributed by atoms with van der Waals surface area (Å²) in [4.78, 5) is 21.5. The van der Waals surface area contributed by atoms with Crippen LogP contribution in [0.5, 0.6) is 0 Å². The van der Waals surface area contributed by atoms with Crippen molar-refractivity contribution in [2.45, 2.75) is 6.42 Å². The first-order chi connectivity index (χ1) is 8.56. The second-order valence-corrected chi connectivity index (χ2v) is 3.63. The number of hydrogen-bond acceptors (Lipinski definition) is 4. The smallest absolute Gasteiger partial charge is 0.270 e. The largest absolute Gasteiger partial charge is 0.352 e. The van der Waals surface area contributed by atoms with E-state index in [0.717, 1.165) is 24.7 Å². The fraction of sp³-hybridized carbons (Fsp3) is 0.364. The summed E-state index contributed by atoms with van der Waals surface area (Å²) in [5.74, 6) is -1.42. The normalized spacial score (nSPS) is 10.1. The lowest BCUT2D eigenvalue weighted by Gasteiger charge is -2.05. The number of nitro groups is 1. The van der Waals surface area contributed by atoms with Gasteiger partial charge in [-0.3, -0.25) is 14.9 Å². The van der Waals surface area contributed by atoms with Gasteiger partial charge in [-0.25, -0.2) is 4.39 Å². The van der Waals surface area contributed by atoms with E-state index in [0.29, 0.717) is 13.0 Å². The maximum Gasteiger partial charge on any atom is 0.270 e. The van der Waals surface area contributed by atoms with Gasteiger partial charge in [-0.05, 0) is 26.1 Å². The molecule has 0 radical (unpaired) electrons. The van der Waals surface area contributed by atoms with Crippen molar-refractivity contribution < 1.29 is 14.1 Å². The van der Waals surface area contributed by atoms with Crippen LogP contribution in [0.4, 0.5) is 10.1 Å². The number of hydrogen-bond donors (Lipinski definition) is 2. The number of nitro benzene ring substituents is 1. The highest BCUT2D eigenvalue weighted by Gasteiger charge is 2.16. The third-order valence-corrected chi connectivity index (χ3v) is 2.29. The lowest BCUT2D eigenvalue weighted by Crippen LogP contribution is -2.27. The minimum Gasteiger partial charge on any atom is -0.352 e. The molecular formula is C11H14FN3O3. The Labute approximate surface area is 103 Å². The summed E-state index contributed by atoms with van der Waals surface area (Å²) in [5, 5.41) is 15.9. The van der Waals surface area contributed by atoms with Crippen LogP contribution in [0.2, 0.25) is 0 Å². The lowest BCUT2D eigenvalue weighted by atomic mass is 10.1.